The van der Waals surface area contributed by atoms with Crippen LogP contribution in [0.2, 0.25) is 0 Å². The van der Waals surface area contributed by atoms with Crippen LogP contribution in [0.1, 0.15) is 25.7 Å². The molecule has 1 saturated heterocycles. The Hall–Kier alpha value is -0.610. The summed E-state index contributed by atoms with van der Waals surface area (Å²) in [5.41, 5.74) is 0. The number of carbonyl (C=O) groups is 1. The van der Waals surface area contributed by atoms with Crippen molar-refractivity contribution in [3.05, 3.63) is 0 Å². The molecule has 4 heteroatoms. The molecular weight excluding hydrogens is 202 g/mol. The van der Waals surface area contributed by atoms with Gasteiger partial charge in [-0.3, -0.25) is 4.79 Å². The number of amides is 1. The van der Waals surface area contributed by atoms with E-state index in [1.807, 2.05) is 4.90 Å². The van der Waals surface area contributed by atoms with Crippen LogP contribution < -0.4 is 5.32 Å². The van der Waals surface area contributed by atoms with E-state index in [1.165, 1.54) is 19.3 Å². The number of piperidine rings is 1. The fourth-order valence-corrected chi connectivity index (χ4v) is 1.92. The molecule has 0 unspecified atom stereocenters. The van der Waals surface area contributed by atoms with E-state index in [0.717, 1.165) is 32.7 Å². The summed E-state index contributed by atoms with van der Waals surface area (Å²) in [6.45, 7) is 4.73. The standard InChI is InChI=1S/C12H25N3O/c1-14(2)11-8-13-7-6-12(16)15-9-4-3-5-10-15/h13H,3-11H2,1-2H3. The minimum atomic E-state index is 0.317. The van der Waals surface area contributed by atoms with E-state index in [4.69, 9.17) is 0 Å². The molecule has 16 heavy (non-hydrogen) atoms. The Morgan fingerprint density at radius 1 is 1.19 bits per heavy atom. The van der Waals surface area contributed by atoms with E-state index in [1.54, 1.807) is 0 Å². The van der Waals surface area contributed by atoms with Crippen molar-refractivity contribution >= 4 is 5.91 Å². The number of nitrogens with one attached hydrogen (secondary N) is 1. The molecule has 1 heterocycles. The number of nitrogens with zero attached hydrogens (tertiary/aromatic N) is 2. The third-order valence-electron chi connectivity index (χ3n) is 2.96. The monoisotopic (exact) mass is 227 g/mol. The molecule has 1 aliphatic rings. The molecule has 0 spiro atoms. The van der Waals surface area contributed by atoms with Crippen LogP contribution >= 0.6 is 0 Å². The normalized spacial score (nSPS) is 16.8. The zero-order valence-corrected chi connectivity index (χ0v) is 10.7. The smallest absolute Gasteiger partial charge is 0.223 e. The average molecular weight is 227 g/mol. The molecule has 4 nitrogen and oxygen atoms in total. The molecule has 1 amide bonds. The van der Waals surface area contributed by atoms with Gasteiger partial charge in [0.2, 0.25) is 5.91 Å². The molecule has 94 valence electrons. The molecule has 1 fully saturated rings. The summed E-state index contributed by atoms with van der Waals surface area (Å²) in [6.07, 6.45) is 4.29. The van der Waals surface area contributed by atoms with Crippen molar-refractivity contribution in [3.8, 4) is 0 Å². The largest absolute Gasteiger partial charge is 0.343 e. The van der Waals surface area contributed by atoms with Gasteiger partial charge in [-0.2, -0.15) is 0 Å². The van der Waals surface area contributed by atoms with E-state index >= 15 is 0 Å². The lowest BCUT2D eigenvalue weighted by molar-refractivity contribution is -0.131. The van der Waals surface area contributed by atoms with E-state index < -0.39 is 0 Å². The Bertz CT molecular complexity index is 200. The quantitative estimate of drug-likeness (QED) is 0.673. The molecule has 0 aromatic rings. The molecular formula is C12H25N3O. The van der Waals surface area contributed by atoms with Crippen LogP contribution in [0.5, 0.6) is 0 Å². The van der Waals surface area contributed by atoms with Gasteiger partial charge < -0.3 is 15.1 Å². The summed E-state index contributed by atoms with van der Waals surface area (Å²) < 4.78 is 0. The van der Waals surface area contributed by atoms with Gasteiger partial charge in [-0.15, -0.1) is 0 Å². The van der Waals surface area contributed by atoms with Gasteiger partial charge in [0, 0.05) is 39.1 Å². The molecule has 0 aromatic heterocycles. The predicted octanol–water partition coefficient (Wildman–Crippen LogP) is 0.540. The highest BCUT2D eigenvalue weighted by atomic mass is 16.2. The van der Waals surface area contributed by atoms with Crippen LogP contribution in [0.4, 0.5) is 0 Å². The lowest BCUT2D eigenvalue weighted by Gasteiger charge is -2.26. The summed E-state index contributed by atoms with van der Waals surface area (Å²) in [5, 5.41) is 3.30. The number of hydrogen-bond donors (Lipinski definition) is 1. The first-order chi connectivity index (χ1) is 7.70. The molecule has 1 aliphatic heterocycles. The van der Waals surface area contributed by atoms with Crippen molar-refractivity contribution in [1.82, 2.24) is 15.1 Å². The molecule has 0 bridgehead atoms. The maximum absolute atomic E-state index is 11.8. The summed E-state index contributed by atoms with van der Waals surface area (Å²) in [4.78, 5) is 15.9. The Balaban J connectivity index is 2.01. The minimum Gasteiger partial charge on any atom is -0.343 e. The van der Waals surface area contributed by atoms with E-state index in [9.17, 15) is 4.79 Å². The van der Waals surface area contributed by atoms with Gasteiger partial charge in [0.15, 0.2) is 0 Å². The van der Waals surface area contributed by atoms with Crippen LogP contribution in [-0.4, -0.2) is 62.5 Å². The van der Waals surface area contributed by atoms with Gasteiger partial charge in [0.05, 0.1) is 0 Å². The number of hydrogen-bond acceptors (Lipinski definition) is 3. The van der Waals surface area contributed by atoms with Crippen molar-refractivity contribution in [2.45, 2.75) is 25.7 Å². The van der Waals surface area contributed by atoms with Crippen LogP contribution in [0.15, 0.2) is 0 Å². The number of likely N-dealkylation sites (N-methyl/N-ethyl adjacent to an activating group) is 1. The van der Waals surface area contributed by atoms with Gasteiger partial charge in [-0.25, -0.2) is 0 Å². The first-order valence-electron chi connectivity index (χ1n) is 6.33. The highest BCUT2D eigenvalue weighted by Crippen LogP contribution is 2.09. The molecule has 0 aliphatic carbocycles. The van der Waals surface area contributed by atoms with Gasteiger partial charge in [0.25, 0.3) is 0 Å². The topological polar surface area (TPSA) is 35.6 Å². The fourth-order valence-electron chi connectivity index (χ4n) is 1.92. The van der Waals surface area contributed by atoms with Crippen molar-refractivity contribution in [3.63, 3.8) is 0 Å². The second kappa shape index (κ2) is 7.63. The van der Waals surface area contributed by atoms with Crippen molar-refractivity contribution in [2.75, 3.05) is 46.8 Å². The van der Waals surface area contributed by atoms with Crippen LogP contribution in [0.25, 0.3) is 0 Å². The third-order valence-corrected chi connectivity index (χ3v) is 2.96. The molecule has 0 atom stereocenters. The highest BCUT2D eigenvalue weighted by molar-refractivity contribution is 5.76. The third kappa shape index (κ3) is 5.47. The highest BCUT2D eigenvalue weighted by Gasteiger charge is 2.15. The van der Waals surface area contributed by atoms with Crippen molar-refractivity contribution < 1.29 is 4.79 Å². The Labute approximate surface area is 99.0 Å². The molecule has 1 rings (SSSR count). The van der Waals surface area contributed by atoms with E-state index in [2.05, 4.69) is 24.3 Å². The predicted molar refractivity (Wildman–Crippen MR) is 66.5 cm³/mol. The SMILES string of the molecule is CN(C)CCNCCC(=O)N1CCCCC1. The molecule has 0 saturated carbocycles. The van der Waals surface area contributed by atoms with E-state index in [-0.39, 0.29) is 0 Å². The Kier molecular flexibility index (Phi) is 6.42. The zero-order valence-electron chi connectivity index (χ0n) is 10.7. The summed E-state index contributed by atoms with van der Waals surface area (Å²) >= 11 is 0. The molecule has 0 aromatic carbocycles. The van der Waals surface area contributed by atoms with Gasteiger partial charge >= 0.3 is 0 Å². The second-order valence-electron chi connectivity index (χ2n) is 4.74. The lowest BCUT2D eigenvalue weighted by atomic mass is 10.1. The van der Waals surface area contributed by atoms with E-state index in [0.29, 0.717) is 12.3 Å². The van der Waals surface area contributed by atoms with Crippen molar-refractivity contribution in [1.29, 1.82) is 0 Å². The van der Waals surface area contributed by atoms with Gasteiger partial charge in [0.1, 0.15) is 0 Å². The number of likely N-dealkylation sites (tertiary alicyclic amines) is 1. The number of carbonyl (C=O) groups excluding carboxylic acids is 1. The summed E-state index contributed by atoms with van der Waals surface area (Å²) in [5.74, 6) is 0.317. The molecule has 1 N–H and O–H groups in total. The second-order valence-corrected chi connectivity index (χ2v) is 4.74. The number of rotatable bonds is 6. The van der Waals surface area contributed by atoms with Crippen LogP contribution in [0.3, 0.4) is 0 Å². The van der Waals surface area contributed by atoms with Gasteiger partial charge in [-0.1, -0.05) is 0 Å². The Morgan fingerprint density at radius 2 is 1.88 bits per heavy atom. The minimum absolute atomic E-state index is 0.317. The zero-order chi connectivity index (χ0) is 11.8. The maximum Gasteiger partial charge on any atom is 0.223 e. The molecule has 0 radical (unpaired) electrons. The summed E-state index contributed by atoms with van der Waals surface area (Å²) in [6, 6.07) is 0. The van der Waals surface area contributed by atoms with Crippen LogP contribution in [-0.2, 0) is 4.79 Å². The van der Waals surface area contributed by atoms with Crippen molar-refractivity contribution in [2.24, 2.45) is 0 Å². The maximum atomic E-state index is 11.8. The Morgan fingerprint density at radius 3 is 2.50 bits per heavy atom. The van der Waals surface area contributed by atoms with Gasteiger partial charge in [-0.05, 0) is 33.4 Å². The first kappa shape index (κ1) is 13.5. The first-order valence-corrected chi connectivity index (χ1v) is 6.33. The van der Waals surface area contributed by atoms with Crippen LogP contribution in [0, 0.1) is 0 Å². The fraction of sp³-hybridized carbons (Fsp3) is 0.917. The summed E-state index contributed by atoms with van der Waals surface area (Å²) in [7, 11) is 4.11. The lowest BCUT2D eigenvalue weighted by Crippen LogP contribution is -2.37. The average Bonchev–Trinajstić information content (AvgIpc) is 2.29.